The fourth-order valence-electron chi connectivity index (χ4n) is 8.73. The Morgan fingerprint density at radius 2 is 0.875 bits per heavy atom. The third-order valence-electron chi connectivity index (χ3n) is 12.0. The van der Waals surface area contributed by atoms with Crippen molar-refractivity contribution in [2.75, 3.05) is 26.4 Å². The van der Waals surface area contributed by atoms with E-state index in [2.05, 4.69) is 16.0 Å². The molecule has 0 aliphatic carbocycles. The summed E-state index contributed by atoms with van der Waals surface area (Å²) in [5, 5.41) is 7.48. The Morgan fingerprint density at radius 1 is 0.455 bits per heavy atom. The van der Waals surface area contributed by atoms with Crippen LogP contribution in [0.1, 0.15) is 94.2 Å². The summed E-state index contributed by atoms with van der Waals surface area (Å²) in [6.45, 7) is 9.10. The van der Waals surface area contributed by atoms with Crippen LogP contribution in [0.25, 0.3) is 0 Å². The molecule has 3 N–H and O–H groups in total. The van der Waals surface area contributed by atoms with Crippen LogP contribution >= 0.6 is 0 Å². The number of rotatable bonds is 27. The molecule has 31 nitrogen and oxygen atoms in total. The van der Waals surface area contributed by atoms with Crippen molar-refractivity contribution in [3.05, 3.63) is 71.8 Å². The molecule has 2 heterocycles. The second-order valence-electron chi connectivity index (χ2n) is 20.7. The molecule has 14 atom stereocenters. The van der Waals surface area contributed by atoms with Gasteiger partial charge >= 0.3 is 72.0 Å². The molecule has 0 radical (unpaired) electrons. The molecule has 3 amide bonds. The summed E-state index contributed by atoms with van der Waals surface area (Å²) in [5.74, 6) is -9.06. The van der Waals surface area contributed by atoms with E-state index >= 15 is 0 Å². The first-order chi connectivity index (χ1) is 41.4. The first-order valence-corrected chi connectivity index (χ1v) is 27.3. The normalized spacial score (nSPS) is 22.7. The number of carbonyl (C=O) groups is 12. The highest BCUT2D eigenvalue weighted by Crippen LogP contribution is 2.35. The summed E-state index contributed by atoms with van der Waals surface area (Å²) in [4.78, 5) is 158. The van der Waals surface area contributed by atoms with Crippen molar-refractivity contribution >= 4 is 72.0 Å². The molecule has 486 valence electrons. The lowest BCUT2D eigenvalue weighted by atomic mass is 9.93. The average molecular weight is 1250 g/mol. The van der Waals surface area contributed by atoms with Crippen LogP contribution < -0.4 is 16.0 Å². The molecule has 0 aromatic heterocycles. The van der Waals surface area contributed by atoms with Crippen LogP contribution in [-0.2, 0) is 132 Å². The van der Waals surface area contributed by atoms with Crippen molar-refractivity contribution in [2.24, 2.45) is 0 Å². The minimum atomic E-state index is -2.24. The summed E-state index contributed by atoms with van der Waals surface area (Å²) >= 11 is 0. The number of hydrogen-bond donors (Lipinski definition) is 3. The van der Waals surface area contributed by atoms with Gasteiger partial charge < -0.3 is 91.7 Å². The third-order valence-corrected chi connectivity index (χ3v) is 12.0. The minimum Gasteiger partial charge on any atom is -0.464 e. The van der Waals surface area contributed by atoms with Crippen LogP contribution in [-0.4, -0.2) is 190 Å². The Kier molecular flexibility index (Phi) is 28.2. The molecule has 4 rings (SSSR count). The van der Waals surface area contributed by atoms with Crippen molar-refractivity contribution in [1.29, 1.82) is 0 Å². The molecular weight excluding hydrogens is 1170 g/mol. The zero-order valence-electron chi connectivity index (χ0n) is 50.5. The molecule has 2 fully saturated rings. The van der Waals surface area contributed by atoms with Gasteiger partial charge in [0.2, 0.25) is 0 Å². The number of ether oxygens (including phenoxy) is 16. The lowest BCUT2D eigenvalue weighted by Gasteiger charge is -2.50. The maximum atomic E-state index is 14.3. The zero-order valence-corrected chi connectivity index (χ0v) is 50.5. The highest BCUT2D eigenvalue weighted by molar-refractivity contribution is 5.72. The number of carbonyl (C=O) groups excluding carboxylic acids is 12. The fraction of sp³-hybridized carbons (Fsp3) is 0.579. The Bertz CT molecular complexity index is 2720. The maximum absolute atomic E-state index is 14.3. The first kappa shape index (κ1) is 71.8. The summed E-state index contributed by atoms with van der Waals surface area (Å²) < 4.78 is 93.1. The molecule has 0 saturated carbocycles. The Balaban J connectivity index is 2.08. The van der Waals surface area contributed by atoms with Gasteiger partial charge in [0.05, 0.1) is 0 Å². The van der Waals surface area contributed by atoms with E-state index in [1.54, 1.807) is 60.7 Å². The highest BCUT2D eigenvalue weighted by Gasteiger charge is 2.58. The van der Waals surface area contributed by atoms with Crippen molar-refractivity contribution in [1.82, 2.24) is 16.0 Å². The monoisotopic (exact) mass is 1250 g/mol. The number of benzene rings is 2. The van der Waals surface area contributed by atoms with Crippen LogP contribution in [0.15, 0.2) is 60.7 Å². The molecule has 6 unspecified atom stereocenters. The quantitative estimate of drug-likeness (QED) is 0.0854. The largest absolute Gasteiger partial charge is 0.464 e. The Hall–Kier alpha value is -8.68. The standard InChI is InChI=1S/C57H75N3O28/c1-29(61)73-25-40(58-56(72)88-57(10,11)12)46(80-34(6)66)47(41(79-33(5)65)26-74-30(2)62)86-52-45(60-55(71)78-24-39-21-17-14-18-22-39)51(83-37(9)69)49(43(85-52)28-76-32(4)64)87-53-44(59-54(70)77-23-38-19-15-13-16-20-38)50(82-36(8)68)48(81-35(7)67)42(84-53)27-75-31(3)63/h13-22,40-53H,23-28H2,1-12H3,(H,58,72)(H,59,70)(H,60,71)/t40?,41?,42?,43?,44?,45?,46-,47+,48+,49+,50-,51-,52+,53+/m1/s1. The predicted molar refractivity (Wildman–Crippen MR) is 292 cm³/mol. The van der Waals surface area contributed by atoms with E-state index in [-0.39, 0.29) is 6.61 Å². The van der Waals surface area contributed by atoms with Crippen molar-refractivity contribution in [3.8, 4) is 0 Å². The van der Waals surface area contributed by atoms with E-state index in [1.807, 2.05) is 0 Å². The summed E-state index contributed by atoms with van der Waals surface area (Å²) in [7, 11) is 0. The second kappa shape index (κ2) is 34.6. The molecule has 31 heteroatoms. The molecule has 0 bridgehead atoms. The minimum absolute atomic E-state index is 0.336. The molecule has 2 aromatic carbocycles. The van der Waals surface area contributed by atoms with Crippen LogP contribution in [0.2, 0.25) is 0 Å². The van der Waals surface area contributed by atoms with Crippen LogP contribution in [0, 0.1) is 0 Å². The third kappa shape index (κ3) is 25.0. The number of alkyl carbamates (subject to hydrolysis) is 3. The summed E-state index contributed by atoms with van der Waals surface area (Å²) in [5.41, 5.74) is -0.197. The number of amides is 3. The van der Waals surface area contributed by atoms with Gasteiger partial charge in [-0.15, -0.1) is 0 Å². The van der Waals surface area contributed by atoms with Gasteiger partial charge in [-0.2, -0.15) is 0 Å². The van der Waals surface area contributed by atoms with E-state index in [4.69, 9.17) is 75.8 Å². The van der Waals surface area contributed by atoms with Gasteiger partial charge in [0.25, 0.3) is 0 Å². The predicted octanol–water partition coefficient (Wildman–Crippen LogP) is 2.60. The number of hydrogen-bond acceptors (Lipinski definition) is 28. The molecule has 2 saturated heterocycles. The fourth-order valence-corrected chi connectivity index (χ4v) is 8.73. The van der Waals surface area contributed by atoms with Gasteiger partial charge in [0, 0.05) is 62.3 Å². The lowest BCUT2D eigenvalue weighted by molar-refractivity contribution is -0.343. The van der Waals surface area contributed by atoms with Crippen LogP contribution in [0.4, 0.5) is 14.4 Å². The Labute approximate surface area is 505 Å². The zero-order chi connectivity index (χ0) is 65.4. The van der Waals surface area contributed by atoms with Crippen molar-refractivity contribution < 1.29 is 133 Å². The summed E-state index contributed by atoms with van der Waals surface area (Å²) in [6.07, 6.45) is -25.4. The smallest absolute Gasteiger partial charge is 0.408 e. The molecule has 88 heavy (non-hydrogen) atoms. The van der Waals surface area contributed by atoms with E-state index in [0.717, 1.165) is 62.3 Å². The average Bonchev–Trinajstić information content (AvgIpc) is 1.00. The van der Waals surface area contributed by atoms with Gasteiger partial charge in [0.1, 0.15) is 87.8 Å². The van der Waals surface area contributed by atoms with Gasteiger partial charge in [-0.1, -0.05) is 60.7 Å². The number of nitrogens with one attached hydrogen (secondary N) is 3. The van der Waals surface area contributed by atoms with Gasteiger partial charge in [-0.05, 0) is 31.9 Å². The van der Waals surface area contributed by atoms with E-state index in [1.165, 1.54) is 20.8 Å². The second-order valence-corrected chi connectivity index (χ2v) is 20.7. The van der Waals surface area contributed by atoms with Crippen LogP contribution in [0.3, 0.4) is 0 Å². The SMILES string of the molecule is CC(=O)OCC(NC(=O)OC(C)(C)C)[C@@H](OC(C)=O)[C@@H](O[C@@H]1OC(COC(C)=O)[C@H](O[C@@H]2OC(COC(C)=O)[C@H](OC(C)=O)[C@H](OC(C)=O)C2NC(=O)OCc2ccccc2)[C@H](OC(C)=O)C1NC(=O)OCc1ccccc1)C(COC(C)=O)OC(C)=O. The first-order valence-electron chi connectivity index (χ1n) is 27.3. The van der Waals surface area contributed by atoms with Gasteiger partial charge in [-0.25, -0.2) is 14.4 Å². The van der Waals surface area contributed by atoms with E-state index < -0.39 is 196 Å². The van der Waals surface area contributed by atoms with E-state index in [9.17, 15) is 57.5 Å². The lowest BCUT2D eigenvalue weighted by Crippen LogP contribution is -2.71. The summed E-state index contributed by atoms with van der Waals surface area (Å²) in [6, 6.07) is 10.9. The molecule has 2 aliphatic heterocycles. The van der Waals surface area contributed by atoms with Crippen molar-refractivity contribution in [3.63, 3.8) is 0 Å². The maximum Gasteiger partial charge on any atom is 0.408 e. The number of esters is 9. The highest BCUT2D eigenvalue weighted by atomic mass is 16.8. The topological polar surface area (TPSA) is 389 Å². The van der Waals surface area contributed by atoms with E-state index in [0.29, 0.717) is 11.1 Å². The molecule has 2 aliphatic rings. The van der Waals surface area contributed by atoms with Gasteiger partial charge in [0.15, 0.2) is 43.1 Å². The Morgan fingerprint density at radius 3 is 1.32 bits per heavy atom. The molecule has 0 spiro atoms. The van der Waals surface area contributed by atoms with Gasteiger partial charge in [-0.3, -0.25) is 43.2 Å². The van der Waals surface area contributed by atoms with Crippen LogP contribution in [0.5, 0.6) is 0 Å². The van der Waals surface area contributed by atoms with Crippen molar-refractivity contribution in [2.45, 2.75) is 188 Å². The molecular formula is C57H75N3O28. The molecule has 2 aromatic rings.